The van der Waals surface area contributed by atoms with E-state index in [0.717, 1.165) is 36.5 Å². The van der Waals surface area contributed by atoms with Crippen LogP contribution in [0.4, 0.5) is 0 Å². The van der Waals surface area contributed by atoms with Crippen LogP contribution in [0.1, 0.15) is 97.3 Å². The van der Waals surface area contributed by atoms with Gasteiger partial charge in [-0.15, -0.1) is 0 Å². The highest BCUT2D eigenvalue weighted by Crippen LogP contribution is 2.46. The highest BCUT2D eigenvalue weighted by atomic mass is 16.3. The van der Waals surface area contributed by atoms with Gasteiger partial charge in [0.1, 0.15) is 0 Å². The number of hydrogen-bond donors (Lipinski definition) is 1. The van der Waals surface area contributed by atoms with Crippen LogP contribution in [0, 0.1) is 29.6 Å². The third kappa shape index (κ3) is 4.08. The molecule has 1 heteroatoms. The van der Waals surface area contributed by atoms with Crippen LogP contribution in [0.2, 0.25) is 0 Å². The topological polar surface area (TPSA) is 20.2 Å². The maximum atomic E-state index is 11.1. The molecule has 3 saturated carbocycles. The predicted octanol–water partition coefficient (Wildman–Crippen LogP) is 5.95. The van der Waals surface area contributed by atoms with Crippen molar-refractivity contribution in [1.29, 1.82) is 0 Å². The highest BCUT2D eigenvalue weighted by molar-refractivity contribution is 4.93. The molecule has 0 saturated heterocycles. The number of rotatable bonds is 3. The fraction of sp³-hybridized carbons (Fsp3) is 1.00. The third-order valence-electron chi connectivity index (χ3n) is 7.55. The van der Waals surface area contributed by atoms with Gasteiger partial charge in [-0.05, 0) is 74.5 Å². The maximum Gasteiger partial charge on any atom is 0.0676 e. The van der Waals surface area contributed by atoms with Crippen LogP contribution >= 0.6 is 0 Å². The molecule has 22 heavy (non-hydrogen) atoms. The minimum Gasteiger partial charge on any atom is -0.390 e. The molecule has 0 atom stereocenters. The second kappa shape index (κ2) is 7.24. The Hall–Kier alpha value is -0.0400. The third-order valence-corrected chi connectivity index (χ3v) is 7.55. The van der Waals surface area contributed by atoms with Gasteiger partial charge < -0.3 is 5.11 Å². The van der Waals surface area contributed by atoms with E-state index >= 15 is 0 Å². The van der Waals surface area contributed by atoms with Gasteiger partial charge in [0.15, 0.2) is 0 Å². The van der Waals surface area contributed by atoms with Gasteiger partial charge in [0, 0.05) is 0 Å². The standard InChI is InChI=1S/C21H38O/c1-16-3-7-18(8-4-16)15-19-11-13-21(22,14-12-19)20-9-5-17(2)6-10-20/h16-20,22H,3-15H2,1-2H3. The van der Waals surface area contributed by atoms with Gasteiger partial charge in [0.05, 0.1) is 5.60 Å². The minimum absolute atomic E-state index is 0.294. The van der Waals surface area contributed by atoms with Crippen molar-refractivity contribution < 1.29 is 5.11 Å². The zero-order valence-electron chi connectivity index (χ0n) is 15.0. The summed E-state index contributed by atoms with van der Waals surface area (Å²) in [4.78, 5) is 0. The Balaban J connectivity index is 1.43. The first-order valence-corrected chi connectivity index (χ1v) is 10.3. The lowest BCUT2D eigenvalue weighted by molar-refractivity contribution is -0.0756. The average Bonchev–Trinajstić information content (AvgIpc) is 2.52. The SMILES string of the molecule is CC1CCC(CC2CCC(O)(C3CCC(C)CC3)CC2)CC1. The van der Waals surface area contributed by atoms with Gasteiger partial charge in [0.2, 0.25) is 0 Å². The maximum absolute atomic E-state index is 11.1. The van der Waals surface area contributed by atoms with Crippen molar-refractivity contribution in [2.75, 3.05) is 0 Å². The molecule has 0 spiro atoms. The zero-order valence-corrected chi connectivity index (χ0v) is 15.0. The van der Waals surface area contributed by atoms with E-state index in [2.05, 4.69) is 13.8 Å². The molecule has 1 N–H and O–H groups in total. The fourth-order valence-electron chi connectivity index (χ4n) is 5.66. The zero-order chi connectivity index (χ0) is 15.6. The molecule has 3 aliphatic rings. The Kier molecular flexibility index (Phi) is 5.53. The molecular weight excluding hydrogens is 268 g/mol. The van der Waals surface area contributed by atoms with Crippen molar-refractivity contribution in [2.24, 2.45) is 29.6 Å². The van der Waals surface area contributed by atoms with Gasteiger partial charge in [-0.2, -0.15) is 0 Å². The Morgan fingerprint density at radius 2 is 1.14 bits per heavy atom. The van der Waals surface area contributed by atoms with Crippen molar-refractivity contribution in [3.63, 3.8) is 0 Å². The second-order valence-corrected chi connectivity index (χ2v) is 9.37. The average molecular weight is 307 g/mol. The van der Waals surface area contributed by atoms with E-state index in [1.54, 1.807) is 0 Å². The Labute approximate surface area is 138 Å². The van der Waals surface area contributed by atoms with Gasteiger partial charge in [0.25, 0.3) is 0 Å². The van der Waals surface area contributed by atoms with Crippen molar-refractivity contribution in [2.45, 2.75) is 103 Å². The minimum atomic E-state index is -0.294. The van der Waals surface area contributed by atoms with Gasteiger partial charge >= 0.3 is 0 Å². The van der Waals surface area contributed by atoms with E-state index in [9.17, 15) is 5.11 Å². The smallest absolute Gasteiger partial charge is 0.0676 e. The molecule has 0 aromatic carbocycles. The van der Waals surface area contributed by atoms with Crippen molar-refractivity contribution in [3.8, 4) is 0 Å². The van der Waals surface area contributed by atoms with E-state index < -0.39 is 0 Å². The lowest BCUT2D eigenvalue weighted by Gasteiger charge is -2.45. The van der Waals surface area contributed by atoms with Crippen molar-refractivity contribution >= 4 is 0 Å². The highest BCUT2D eigenvalue weighted by Gasteiger charge is 2.41. The summed E-state index contributed by atoms with van der Waals surface area (Å²) >= 11 is 0. The molecule has 3 fully saturated rings. The Morgan fingerprint density at radius 1 is 0.682 bits per heavy atom. The van der Waals surface area contributed by atoms with Crippen LogP contribution in [0.15, 0.2) is 0 Å². The summed E-state index contributed by atoms with van der Waals surface area (Å²) in [5.74, 6) is 4.40. The van der Waals surface area contributed by atoms with Crippen LogP contribution in [0.25, 0.3) is 0 Å². The van der Waals surface area contributed by atoms with E-state index in [1.165, 1.54) is 70.6 Å². The predicted molar refractivity (Wildman–Crippen MR) is 93.8 cm³/mol. The molecular formula is C21H38O. The molecule has 0 unspecified atom stereocenters. The number of hydrogen-bond acceptors (Lipinski definition) is 1. The molecule has 0 amide bonds. The van der Waals surface area contributed by atoms with E-state index in [0.29, 0.717) is 5.92 Å². The molecule has 128 valence electrons. The monoisotopic (exact) mass is 306 g/mol. The van der Waals surface area contributed by atoms with E-state index in [-0.39, 0.29) is 5.60 Å². The van der Waals surface area contributed by atoms with Crippen LogP contribution in [0.5, 0.6) is 0 Å². The Morgan fingerprint density at radius 3 is 1.68 bits per heavy atom. The first kappa shape index (κ1) is 16.8. The molecule has 3 rings (SSSR count). The molecule has 1 nitrogen and oxygen atoms in total. The summed E-state index contributed by atoms with van der Waals surface area (Å²) in [6.07, 6.45) is 17.4. The molecule has 3 aliphatic carbocycles. The number of aliphatic hydroxyl groups is 1. The van der Waals surface area contributed by atoms with Crippen LogP contribution < -0.4 is 0 Å². The van der Waals surface area contributed by atoms with Gasteiger partial charge in [-0.3, -0.25) is 0 Å². The summed E-state index contributed by atoms with van der Waals surface area (Å²) in [6.45, 7) is 4.80. The van der Waals surface area contributed by atoms with Gasteiger partial charge in [-0.1, -0.05) is 52.4 Å². The Bertz CT molecular complexity index is 326. The van der Waals surface area contributed by atoms with E-state index in [1.807, 2.05) is 0 Å². The first-order valence-electron chi connectivity index (χ1n) is 10.3. The summed E-state index contributed by atoms with van der Waals surface area (Å²) in [7, 11) is 0. The lowest BCUT2D eigenvalue weighted by Crippen LogP contribution is -2.43. The van der Waals surface area contributed by atoms with Crippen LogP contribution in [0.3, 0.4) is 0 Å². The summed E-state index contributed by atoms with van der Waals surface area (Å²) < 4.78 is 0. The molecule has 0 aromatic heterocycles. The quantitative estimate of drug-likeness (QED) is 0.683. The second-order valence-electron chi connectivity index (χ2n) is 9.37. The summed E-state index contributed by atoms with van der Waals surface area (Å²) in [5, 5.41) is 11.1. The molecule has 0 aromatic rings. The van der Waals surface area contributed by atoms with Crippen molar-refractivity contribution in [3.05, 3.63) is 0 Å². The summed E-state index contributed by atoms with van der Waals surface area (Å²) in [6, 6.07) is 0. The molecule has 0 radical (unpaired) electrons. The lowest BCUT2D eigenvalue weighted by atomic mass is 9.65. The molecule has 0 heterocycles. The first-order chi connectivity index (χ1) is 10.5. The van der Waals surface area contributed by atoms with Crippen LogP contribution in [-0.2, 0) is 0 Å². The van der Waals surface area contributed by atoms with Crippen molar-refractivity contribution in [1.82, 2.24) is 0 Å². The normalized spacial score (nSPS) is 47.3. The largest absolute Gasteiger partial charge is 0.390 e. The summed E-state index contributed by atoms with van der Waals surface area (Å²) in [5.41, 5.74) is -0.294. The van der Waals surface area contributed by atoms with Crippen LogP contribution in [-0.4, -0.2) is 10.7 Å². The fourth-order valence-corrected chi connectivity index (χ4v) is 5.66. The molecule has 0 bridgehead atoms. The van der Waals surface area contributed by atoms with Gasteiger partial charge in [-0.25, -0.2) is 0 Å². The molecule has 0 aliphatic heterocycles. The van der Waals surface area contributed by atoms with E-state index in [4.69, 9.17) is 0 Å².